The summed E-state index contributed by atoms with van der Waals surface area (Å²) in [5.41, 5.74) is 1.75. The van der Waals surface area contributed by atoms with Gasteiger partial charge in [0, 0.05) is 20.1 Å². The third-order valence-corrected chi connectivity index (χ3v) is 5.20. The molecule has 110 valence electrons. The second-order valence-corrected chi connectivity index (χ2v) is 6.63. The van der Waals surface area contributed by atoms with Gasteiger partial charge in [0.1, 0.15) is 5.82 Å². The first kappa shape index (κ1) is 13.9. The minimum Gasteiger partial charge on any atom is -0.372 e. The summed E-state index contributed by atoms with van der Waals surface area (Å²) in [5, 5.41) is 3.06. The Morgan fingerprint density at radius 1 is 1.30 bits per heavy atom. The lowest BCUT2D eigenvalue weighted by molar-refractivity contribution is 0.337. The molecule has 2 saturated carbocycles. The molecule has 1 aromatic carbocycles. The molecular formula is C17H25FN2. The van der Waals surface area contributed by atoms with E-state index in [1.165, 1.54) is 25.7 Å². The quantitative estimate of drug-likeness (QED) is 0.886. The summed E-state index contributed by atoms with van der Waals surface area (Å²) in [4.78, 5) is 2.11. The van der Waals surface area contributed by atoms with E-state index < -0.39 is 0 Å². The van der Waals surface area contributed by atoms with Crippen LogP contribution in [0.2, 0.25) is 0 Å². The van der Waals surface area contributed by atoms with Crippen LogP contribution in [-0.4, -0.2) is 20.6 Å². The molecule has 2 bridgehead atoms. The van der Waals surface area contributed by atoms with Gasteiger partial charge in [-0.1, -0.05) is 12.5 Å². The highest BCUT2D eigenvalue weighted by atomic mass is 19.1. The van der Waals surface area contributed by atoms with Gasteiger partial charge in [0.15, 0.2) is 0 Å². The molecule has 0 aromatic heterocycles. The second kappa shape index (κ2) is 5.72. The molecular weight excluding hydrogens is 251 g/mol. The summed E-state index contributed by atoms with van der Waals surface area (Å²) in [6.45, 7) is 1.72. The van der Waals surface area contributed by atoms with Gasteiger partial charge < -0.3 is 10.2 Å². The fraction of sp³-hybridized carbons (Fsp3) is 0.647. The van der Waals surface area contributed by atoms with E-state index in [9.17, 15) is 4.39 Å². The van der Waals surface area contributed by atoms with E-state index in [4.69, 9.17) is 0 Å². The molecule has 20 heavy (non-hydrogen) atoms. The molecule has 3 unspecified atom stereocenters. The van der Waals surface area contributed by atoms with Crippen LogP contribution in [0.4, 0.5) is 10.1 Å². The lowest BCUT2D eigenvalue weighted by Gasteiger charge is -2.29. The summed E-state index contributed by atoms with van der Waals surface area (Å²) in [7, 11) is 3.91. The first-order chi connectivity index (χ1) is 9.67. The van der Waals surface area contributed by atoms with E-state index in [0.717, 1.165) is 35.5 Å². The molecule has 3 atom stereocenters. The first-order valence-corrected chi connectivity index (χ1v) is 7.81. The van der Waals surface area contributed by atoms with E-state index in [2.05, 4.69) is 10.2 Å². The molecule has 1 aromatic rings. The Morgan fingerprint density at radius 3 is 2.75 bits per heavy atom. The van der Waals surface area contributed by atoms with Crippen molar-refractivity contribution < 1.29 is 4.39 Å². The van der Waals surface area contributed by atoms with Crippen LogP contribution in [-0.2, 0) is 6.54 Å². The molecule has 0 saturated heterocycles. The average Bonchev–Trinajstić information content (AvgIpc) is 3.01. The van der Waals surface area contributed by atoms with Crippen molar-refractivity contribution in [1.82, 2.24) is 5.32 Å². The Bertz CT molecular complexity index is 474. The van der Waals surface area contributed by atoms with Crippen LogP contribution >= 0.6 is 0 Å². The summed E-state index contributed by atoms with van der Waals surface area (Å²) in [5.74, 6) is 2.54. The van der Waals surface area contributed by atoms with E-state index in [1.54, 1.807) is 6.07 Å². The molecule has 2 fully saturated rings. The average molecular weight is 276 g/mol. The van der Waals surface area contributed by atoms with Crippen LogP contribution in [0.3, 0.4) is 0 Å². The number of hydrogen-bond donors (Lipinski definition) is 1. The first-order valence-electron chi connectivity index (χ1n) is 7.81. The van der Waals surface area contributed by atoms with Crippen molar-refractivity contribution in [2.24, 2.45) is 17.8 Å². The zero-order valence-electron chi connectivity index (χ0n) is 12.5. The maximum absolute atomic E-state index is 14.2. The largest absolute Gasteiger partial charge is 0.372 e. The Labute approximate surface area is 121 Å². The van der Waals surface area contributed by atoms with Gasteiger partial charge in [-0.25, -0.2) is 4.39 Å². The number of fused-ring (bicyclic) bond motifs is 2. The highest BCUT2D eigenvalue weighted by Crippen LogP contribution is 2.48. The van der Waals surface area contributed by atoms with Crippen molar-refractivity contribution in [2.75, 3.05) is 25.5 Å². The Hall–Kier alpha value is -1.09. The fourth-order valence-corrected chi connectivity index (χ4v) is 4.22. The summed E-state index contributed by atoms with van der Waals surface area (Å²) < 4.78 is 14.2. The number of anilines is 1. The molecule has 2 nitrogen and oxygen atoms in total. The zero-order valence-corrected chi connectivity index (χ0v) is 12.5. The lowest BCUT2D eigenvalue weighted by Crippen LogP contribution is -2.29. The van der Waals surface area contributed by atoms with E-state index >= 15 is 0 Å². The molecule has 0 amide bonds. The number of hydrogen-bond acceptors (Lipinski definition) is 2. The van der Waals surface area contributed by atoms with Gasteiger partial charge in [0.25, 0.3) is 0 Å². The topological polar surface area (TPSA) is 15.3 Å². The molecule has 3 heteroatoms. The highest BCUT2D eigenvalue weighted by molar-refractivity contribution is 5.48. The van der Waals surface area contributed by atoms with Crippen molar-refractivity contribution in [3.8, 4) is 0 Å². The molecule has 2 aliphatic rings. The number of rotatable bonds is 5. The molecule has 3 rings (SSSR count). The van der Waals surface area contributed by atoms with Gasteiger partial charge in [0.2, 0.25) is 0 Å². The maximum Gasteiger partial charge on any atom is 0.146 e. The molecule has 0 heterocycles. The summed E-state index contributed by atoms with van der Waals surface area (Å²) in [6, 6.07) is 5.60. The SMILES string of the molecule is CNCc1ccc(N(C)CC2CC3CCC2C3)c(F)c1. The van der Waals surface area contributed by atoms with Crippen molar-refractivity contribution in [2.45, 2.75) is 32.2 Å². The van der Waals surface area contributed by atoms with Crippen LogP contribution < -0.4 is 10.2 Å². The van der Waals surface area contributed by atoms with Gasteiger partial charge >= 0.3 is 0 Å². The van der Waals surface area contributed by atoms with Gasteiger partial charge in [-0.15, -0.1) is 0 Å². The lowest BCUT2D eigenvalue weighted by atomic mass is 9.88. The fourth-order valence-electron chi connectivity index (χ4n) is 4.22. The highest BCUT2D eigenvalue weighted by Gasteiger charge is 2.39. The maximum atomic E-state index is 14.2. The van der Waals surface area contributed by atoms with E-state index in [0.29, 0.717) is 6.54 Å². The molecule has 1 N–H and O–H groups in total. The minimum absolute atomic E-state index is 0.0941. The van der Waals surface area contributed by atoms with Gasteiger partial charge in [0.05, 0.1) is 5.69 Å². The van der Waals surface area contributed by atoms with E-state index in [-0.39, 0.29) is 5.82 Å². The molecule has 2 aliphatic carbocycles. The standard InChI is InChI=1S/C17H25FN2/c1-19-10-13-4-6-17(16(18)9-13)20(2)11-15-8-12-3-5-14(15)7-12/h4,6,9,12,14-15,19H,3,5,7-8,10-11H2,1-2H3. The van der Waals surface area contributed by atoms with E-state index in [1.807, 2.05) is 26.2 Å². The Morgan fingerprint density at radius 2 is 2.15 bits per heavy atom. The van der Waals surface area contributed by atoms with Gasteiger partial charge in [-0.2, -0.15) is 0 Å². The second-order valence-electron chi connectivity index (χ2n) is 6.63. The third-order valence-electron chi connectivity index (χ3n) is 5.20. The number of nitrogens with one attached hydrogen (secondary N) is 1. The summed E-state index contributed by atoms with van der Waals surface area (Å²) >= 11 is 0. The normalized spacial score (nSPS) is 28.1. The Balaban J connectivity index is 1.66. The molecule has 0 spiro atoms. The molecule has 0 radical (unpaired) electrons. The monoisotopic (exact) mass is 276 g/mol. The Kier molecular flexibility index (Phi) is 3.97. The predicted molar refractivity (Wildman–Crippen MR) is 81.4 cm³/mol. The van der Waals surface area contributed by atoms with Crippen LogP contribution in [0, 0.1) is 23.6 Å². The van der Waals surface area contributed by atoms with Crippen LogP contribution in [0.1, 0.15) is 31.2 Å². The smallest absolute Gasteiger partial charge is 0.146 e. The number of halogens is 1. The van der Waals surface area contributed by atoms with Crippen LogP contribution in [0.15, 0.2) is 18.2 Å². The van der Waals surface area contributed by atoms with Crippen LogP contribution in [0.5, 0.6) is 0 Å². The number of nitrogens with zero attached hydrogens (tertiary/aromatic N) is 1. The van der Waals surface area contributed by atoms with Crippen molar-refractivity contribution >= 4 is 5.69 Å². The van der Waals surface area contributed by atoms with Crippen molar-refractivity contribution in [3.05, 3.63) is 29.6 Å². The third kappa shape index (κ3) is 2.69. The van der Waals surface area contributed by atoms with Crippen molar-refractivity contribution in [1.29, 1.82) is 0 Å². The zero-order chi connectivity index (χ0) is 14.1. The summed E-state index contributed by atoms with van der Waals surface area (Å²) in [6.07, 6.45) is 5.60. The molecule has 0 aliphatic heterocycles. The number of benzene rings is 1. The van der Waals surface area contributed by atoms with Gasteiger partial charge in [-0.3, -0.25) is 0 Å². The van der Waals surface area contributed by atoms with Crippen LogP contribution in [0.25, 0.3) is 0 Å². The predicted octanol–water partition coefficient (Wildman–Crippen LogP) is 3.42. The van der Waals surface area contributed by atoms with Crippen molar-refractivity contribution in [3.63, 3.8) is 0 Å². The van der Waals surface area contributed by atoms with Gasteiger partial charge in [-0.05, 0) is 61.8 Å². The minimum atomic E-state index is -0.0941.